The molecule has 2 amide bonds. The van der Waals surface area contributed by atoms with Gasteiger partial charge in [0.05, 0.1) is 19.1 Å². The maximum atomic E-state index is 11.8. The van der Waals surface area contributed by atoms with Crippen molar-refractivity contribution in [2.45, 2.75) is 25.8 Å². The molecule has 2 unspecified atom stereocenters. The first-order valence-electron chi connectivity index (χ1n) is 6.48. The van der Waals surface area contributed by atoms with Crippen LogP contribution in [0.5, 0.6) is 0 Å². The third-order valence-corrected chi connectivity index (χ3v) is 3.01. The highest BCUT2D eigenvalue weighted by Crippen LogP contribution is 2.13. The molecule has 0 bridgehead atoms. The van der Waals surface area contributed by atoms with E-state index in [0.29, 0.717) is 32.7 Å². The number of amides is 2. The lowest BCUT2D eigenvalue weighted by molar-refractivity contribution is -0.125. The third kappa shape index (κ3) is 4.62. The van der Waals surface area contributed by atoms with Gasteiger partial charge in [-0.25, -0.2) is 0 Å². The first kappa shape index (κ1) is 14.9. The molecule has 0 radical (unpaired) electrons. The van der Waals surface area contributed by atoms with Crippen molar-refractivity contribution in [3.8, 4) is 0 Å². The predicted octanol–water partition coefficient (Wildman–Crippen LogP) is -0.747. The van der Waals surface area contributed by atoms with E-state index in [-0.39, 0.29) is 23.8 Å². The second-order valence-electron chi connectivity index (χ2n) is 4.43. The summed E-state index contributed by atoms with van der Waals surface area (Å²) in [6.07, 6.45) is 1.24. The topological polar surface area (TPSA) is 79.5 Å². The van der Waals surface area contributed by atoms with Crippen LogP contribution >= 0.6 is 0 Å². The van der Waals surface area contributed by atoms with E-state index in [1.165, 1.54) is 0 Å². The van der Waals surface area contributed by atoms with Crippen LogP contribution in [0.3, 0.4) is 0 Å². The minimum absolute atomic E-state index is 0.0232. The quantitative estimate of drug-likeness (QED) is 0.561. The Hall–Kier alpha value is -1.14. The normalized spacial score (nSPS) is 22.8. The smallest absolute Gasteiger partial charge is 0.227 e. The van der Waals surface area contributed by atoms with E-state index in [1.807, 2.05) is 14.0 Å². The molecule has 1 fully saturated rings. The van der Waals surface area contributed by atoms with Crippen LogP contribution in [0.25, 0.3) is 0 Å². The molecular weight excluding hydrogens is 234 g/mol. The maximum absolute atomic E-state index is 11.8. The Morgan fingerprint density at radius 3 is 2.67 bits per heavy atom. The van der Waals surface area contributed by atoms with Crippen LogP contribution in [-0.4, -0.2) is 51.2 Å². The van der Waals surface area contributed by atoms with Gasteiger partial charge in [-0.1, -0.05) is 6.92 Å². The summed E-state index contributed by atoms with van der Waals surface area (Å²) in [5, 5.41) is 8.60. The molecule has 104 valence electrons. The Morgan fingerprint density at radius 1 is 1.22 bits per heavy atom. The molecule has 6 nitrogen and oxygen atoms in total. The van der Waals surface area contributed by atoms with E-state index in [2.05, 4.69) is 16.0 Å². The van der Waals surface area contributed by atoms with Crippen LogP contribution in [-0.2, 0) is 14.3 Å². The van der Waals surface area contributed by atoms with E-state index >= 15 is 0 Å². The summed E-state index contributed by atoms with van der Waals surface area (Å²) in [4.78, 5) is 23.2. The van der Waals surface area contributed by atoms with Gasteiger partial charge in [-0.05, 0) is 13.5 Å². The van der Waals surface area contributed by atoms with Crippen LogP contribution in [0.4, 0.5) is 0 Å². The van der Waals surface area contributed by atoms with Gasteiger partial charge < -0.3 is 20.7 Å². The fourth-order valence-corrected chi connectivity index (χ4v) is 1.88. The maximum Gasteiger partial charge on any atom is 0.227 e. The zero-order valence-electron chi connectivity index (χ0n) is 11.1. The summed E-state index contributed by atoms with van der Waals surface area (Å²) in [5.41, 5.74) is 0. The van der Waals surface area contributed by atoms with Crippen molar-refractivity contribution in [3.05, 3.63) is 0 Å². The zero-order chi connectivity index (χ0) is 13.4. The summed E-state index contributed by atoms with van der Waals surface area (Å²) < 4.78 is 5.26. The van der Waals surface area contributed by atoms with Crippen molar-refractivity contribution in [2.24, 2.45) is 5.92 Å². The fourth-order valence-electron chi connectivity index (χ4n) is 1.88. The van der Waals surface area contributed by atoms with Gasteiger partial charge in [-0.15, -0.1) is 0 Å². The molecule has 6 heteroatoms. The van der Waals surface area contributed by atoms with Crippen LogP contribution in [0.1, 0.15) is 19.8 Å². The minimum atomic E-state index is -0.159. The lowest BCUT2D eigenvalue weighted by Gasteiger charge is -2.16. The Balaban J connectivity index is 2.18. The van der Waals surface area contributed by atoms with Gasteiger partial charge in [0.2, 0.25) is 11.8 Å². The van der Waals surface area contributed by atoms with Crippen LogP contribution in [0.15, 0.2) is 0 Å². The van der Waals surface area contributed by atoms with Gasteiger partial charge >= 0.3 is 0 Å². The molecule has 0 aromatic heterocycles. The largest absolute Gasteiger partial charge is 0.379 e. The van der Waals surface area contributed by atoms with E-state index in [4.69, 9.17) is 4.74 Å². The highest BCUT2D eigenvalue weighted by atomic mass is 16.5. The first-order valence-corrected chi connectivity index (χ1v) is 6.48. The average molecular weight is 257 g/mol. The summed E-state index contributed by atoms with van der Waals surface area (Å²) in [5.74, 6) is -0.228. The Morgan fingerprint density at radius 2 is 2.00 bits per heavy atom. The summed E-state index contributed by atoms with van der Waals surface area (Å²) in [7, 11) is 1.82. The second-order valence-corrected chi connectivity index (χ2v) is 4.43. The molecule has 0 aromatic carbocycles. The summed E-state index contributed by atoms with van der Waals surface area (Å²) in [6, 6.07) is 0.0684. The number of likely N-dealkylation sites (N-methyl/N-ethyl adjacent to an activating group) is 1. The summed E-state index contributed by atoms with van der Waals surface area (Å²) in [6.45, 7) is 4.07. The molecular formula is C12H23N3O3. The Bertz CT molecular complexity index is 284. The highest BCUT2D eigenvalue weighted by Gasteiger charge is 2.32. The molecule has 0 aromatic rings. The average Bonchev–Trinajstić information content (AvgIpc) is 2.84. The van der Waals surface area contributed by atoms with E-state index in [9.17, 15) is 9.59 Å². The lowest BCUT2D eigenvalue weighted by atomic mass is 10.0. The molecule has 0 saturated carbocycles. The van der Waals surface area contributed by atoms with Crippen LogP contribution in [0.2, 0.25) is 0 Å². The number of nitrogens with one attached hydrogen (secondary N) is 3. The predicted molar refractivity (Wildman–Crippen MR) is 68.1 cm³/mol. The number of rotatable bonds is 7. The highest BCUT2D eigenvalue weighted by molar-refractivity contribution is 5.81. The SMILES string of the molecule is CCCNC(=O)CCNC(=O)C1COCC1NC. The molecule has 1 aliphatic heterocycles. The molecule has 1 heterocycles. The molecule has 2 atom stereocenters. The van der Waals surface area contributed by atoms with Gasteiger partial charge in [0, 0.05) is 25.6 Å². The lowest BCUT2D eigenvalue weighted by Crippen LogP contribution is -2.43. The number of ether oxygens (including phenoxy) is 1. The Kier molecular flexibility index (Phi) is 6.67. The third-order valence-electron chi connectivity index (χ3n) is 3.01. The number of carbonyl (C=O) groups is 2. The van der Waals surface area contributed by atoms with Crippen molar-refractivity contribution in [3.63, 3.8) is 0 Å². The van der Waals surface area contributed by atoms with Crippen molar-refractivity contribution in [1.82, 2.24) is 16.0 Å². The van der Waals surface area contributed by atoms with Gasteiger partial charge in [-0.2, -0.15) is 0 Å². The van der Waals surface area contributed by atoms with Crippen molar-refractivity contribution < 1.29 is 14.3 Å². The first-order chi connectivity index (χ1) is 8.69. The molecule has 3 N–H and O–H groups in total. The van der Waals surface area contributed by atoms with Crippen molar-refractivity contribution in [2.75, 3.05) is 33.4 Å². The van der Waals surface area contributed by atoms with E-state index in [0.717, 1.165) is 6.42 Å². The second kappa shape index (κ2) is 8.05. The molecule has 1 aliphatic rings. The van der Waals surface area contributed by atoms with Crippen molar-refractivity contribution in [1.29, 1.82) is 0 Å². The minimum Gasteiger partial charge on any atom is -0.379 e. The number of carbonyl (C=O) groups excluding carboxylic acids is 2. The van der Waals surface area contributed by atoms with Gasteiger partial charge in [0.25, 0.3) is 0 Å². The monoisotopic (exact) mass is 257 g/mol. The number of hydrogen-bond donors (Lipinski definition) is 3. The van der Waals surface area contributed by atoms with Gasteiger partial charge in [-0.3, -0.25) is 9.59 Å². The summed E-state index contributed by atoms with van der Waals surface area (Å²) >= 11 is 0. The molecule has 0 aliphatic carbocycles. The molecule has 1 saturated heterocycles. The van der Waals surface area contributed by atoms with Crippen LogP contribution in [0, 0.1) is 5.92 Å². The fraction of sp³-hybridized carbons (Fsp3) is 0.833. The van der Waals surface area contributed by atoms with Crippen molar-refractivity contribution >= 4 is 11.8 Å². The van der Waals surface area contributed by atoms with E-state index < -0.39 is 0 Å². The van der Waals surface area contributed by atoms with E-state index in [1.54, 1.807) is 0 Å². The molecule has 0 spiro atoms. The number of hydrogen-bond acceptors (Lipinski definition) is 4. The Labute approximate surface area is 108 Å². The van der Waals surface area contributed by atoms with Gasteiger partial charge in [0.1, 0.15) is 0 Å². The standard InChI is InChI=1S/C12H23N3O3/c1-3-5-14-11(16)4-6-15-12(17)9-7-18-8-10(9)13-2/h9-10,13H,3-8H2,1-2H3,(H,14,16)(H,15,17). The molecule has 18 heavy (non-hydrogen) atoms. The molecule has 1 rings (SSSR count). The van der Waals surface area contributed by atoms with Crippen LogP contribution < -0.4 is 16.0 Å². The van der Waals surface area contributed by atoms with Gasteiger partial charge in [0.15, 0.2) is 0 Å². The zero-order valence-corrected chi connectivity index (χ0v) is 11.1.